The van der Waals surface area contributed by atoms with Crippen molar-refractivity contribution in [2.45, 2.75) is 75.5 Å². The van der Waals surface area contributed by atoms with Crippen LogP contribution in [-0.2, 0) is 10.3 Å². The van der Waals surface area contributed by atoms with Crippen molar-refractivity contribution >= 4 is 6.08 Å². The number of nitrogens with zero attached hydrogens (tertiary/aromatic N) is 1. The summed E-state index contributed by atoms with van der Waals surface area (Å²) in [6.07, 6.45) is 12.8. The number of hydrogen-bond acceptors (Lipinski definition) is 3. The van der Waals surface area contributed by atoms with E-state index in [0.717, 1.165) is 30.9 Å². The van der Waals surface area contributed by atoms with Crippen LogP contribution in [0.2, 0.25) is 0 Å². The molecule has 0 spiro atoms. The summed E-state index contributed by atoms with van der Waals surface area (Å²) < 4.78 is 5.50. The highest BCUT2D eigenvalue weighted by atomic mass is 16.5. The first kappa shape index (κ1) is 18.2. The van der Waals surface area contributed by atoms with E-state index in [1.165, 1.54) is 50.8 Å². The van der Waals surface area contributed by atoms with Crippen LogP contribution >= 0.6 is 0 Å². The van der Waals surface area contributed by atoms with Gasteiger partial charge in [0.2, 0.25) is 0 Å². The number of hydrogen-bond donors (Lipinski definition) is 1. The van der Waals surface area contributed by atoms with Gasteiger partial charge in [-0.3, -0.25) is 4.90 Å². The average molecular weight is 356 g/mol. The zero-order chi connectivity index (χ0) is 18.0. The number of benzene rings is 1. The molecule has 2 aliphatic carbocycles. The SMILES string of the molecule is COC1CCCC(O)(c2ccc(C=C3CCN(C4CCC4)CC3)cc2)C1. The Labute approximate surface area is 158 Å². The topological polar surface area (TPSA) is 32.7 Å². The van der Waals surface area contributed by atoms with E-state index in [0.29, 0.717) is 6.42 Å². The molecule has 3 fully saturated rings. The largest absolute Gasteiger partial charge is 0.385 e. The van der Waals surface area contributed by atoms with Gasteiger partial charge >= 0.3 is 0 Å². The molecular formula is C23H33NO2. The number of ether oxygens (including phenoxy) is 1. The Balaban J connectivity index is 1.38. The fourth-order valence-electron chi connectivity index (χ4n) is 4.86. The molecule has 26 heavy (non-hydrogen) atoms. The lowest BCUT2D eigenvalue weighted by atomic mass is 9.78. The fraction of sp³-hybridized carbons (Fsp3) is 0.652. The third-order valence-electron chi connectivity index (χ3n) is 6.87. The van der Waals surface area contributed by atoms with E-state index < -0.39 is 5.60 Å². The standard InChI is InChI=1S/C23H33NO2/c1-26-22-6-3-13-23(25,17-22)20-9-7-18(8-10-20)16-19-11-14-24(15-12-19)21-4-2-5-21/h7-10,16,21-22,25H,2-6,11-15,17H2,1H3. The van der Waals surface area contributed by atoms with Crippen molar-refractivity contribution in [3.05, 3.63) is 41.0 Å². The number of rotatable bonds is 4. The molecule has 2 unspecified atom stereocenters. The maximum Gasteiger partial charge on any atom is 0.0921 e. The van der Waals surface area contributed by atoms with Crippen LogP contribution in [0.25, 0.3) is 6.08 Å². The Morgan fingerprint density at radius 2 is 1.81 bits per heavy atom. The van der Waals surface area contributed by atoms with Gasteiger partial charge in [-0.2, -0.15) is 0 Å². The molecule has 1 aliphatic heterocycles. The van der Waals surface area contributed by atoms with E-state index in [1.54, 1.807) is 12.7 Å². The first-order valence-electron chi connectivity index (χ1n) is 10.5. The van der Waals surface area contributed by atoms with Crippen LogP contribution in [0, 0.1) is 0 Å². The minimum absolute atomic E-state index is 0.177. The summed E-state index contributed by atoms with van der Waals surface area (Å²) in [7, 11) is 1.75. The lowest BCUT2D eigenvalue weighted by molar-refractivity contribution is -0.0631. The normalized spacial score (nSPS) is 30.8. The lowest BCUT2D eigenvalue weighted by Gasteiger charge is -2.40. The number of piperidine rings is 1. The lowest BCUT2D eigenvalue weighted by Crippen LogP contribution is -2.43. The fourth-order valence-corrected chi connectivity index (χ4v) is 4.86. The monoisotopic (exact) mass is 355 g/mol. The Bertz CT molecular complexity index is 624. The summed E-state index contributed by atoms with van der Waals surface area (Å²) in [6, 6.07) is 9.47. The van der Waals surface area contributed by atoms with Gasteiger partial charge in [0, 0.05) is 32.7 Å². The van der Waals surface area contributed by atoms with E-state index in [1.807, 2.05) is 0 Å². The van der Waals surface area contributed by atoms with Crippen molar-refractivity contribution in [3.8, 4) is 0 Å². The maximum absolute atomic E-state index is 11.1. The van der Waals surface area contributed by atoms with E-state index in [-0.39, 0.29) is 6.10 Å². The summed E-state index contributed by atoms with van der Waals surface area (Å²) in [6.45, 7) is 2.46. The predicted molar refractivity (Wildman–Crippen MR) is 106 cm³/mol. The number of likely N-dealkylation sites (tertiary alicyclic amines) is 1. The molecule has 2 atom stereocenters. The molecular weight excluding hydrogens is 322 g/mol. The van der Waals surface area contributed by atoms with Gasteiger partial charge in [-0.05, 0) is 56.1 Å². The minimum Gasteiger partial charge on any atom is -0.385 e. The Morgan fingerprint density at radius 3 is 2.42 bits per heavy atom. The molecule has 2 saturated carbocycles. The molecule has 1 aromatic carbocycles. The Kier molecular flexibility index (Phi) is 5.49. The molecule has 0 radical (unpaired) electrons. The van der Waals surface area contributed by atoms with Crippen LogP contribution in [0.3, 0.4) is 0 Å². The smallest absolute Gasteiger partial charge is 0.0921 e. The van der Waals surface area contributed by atoms with E-state index in [2.05, 4.69) is 35.2 Å². The maximum atomic E-state index is 11.1. The summed E-state index contributed by atoms with van der Waals surface area (Å²) in [5, 5.41) is 11.1. The van der Waals surface area contributed by atoms with Gasteiger partial charge in [-0.1, -0.05) is 42.3 Å². The first-order valence-corrected chi connectivity index (χ1v) is 10.5. The van der Waals surface area contributed by atoms with Crippen molar-refractivity contribution in [3.63, 3.8) is 0 Å². The van der Waals surface area contributed by atoms with Crippen LogP contribution in [0.4, 0.5) is 0 Å². The van der Waals surface area contributed by atoms with Crippen molar-refractivity contribution in [2.75, 3.05) is 20.2 Å². The predicted octanol–water partition coefficient (Wildman–Crippen LogP) is 4.49. The second-order valence-corrected chi connectivity index (χ2v) is 8.53. The third kappa shape index (κ3) is 3.90. The van der Waals surface area contributed by atoms with Crippen LogP contribution in [0.1, 0.15) is 68.9 Å². The van der Waals surface area contributed by atoms with Gasteiger partial charge in [0.05, 0.1) is 11.7 Å². The van der Waals surface area contributed by atoms with Crippen molar-refractivity contribution in [2.24, 2.45) is 0 Å². The second-order valence-electron chi connectivity index (χ2n) is 8.53. The number of aliphatic hydroxyl groups is 1. The molecule has 0 aromatic heterocycles. The van der Waals surface area contributed by atoms with Crippen molar-refractivity contribution in [1.82, 2.24) is 4.90 Å². The summed E-state index contributed by atoms with van der Waals surface area (Å²) >= 11 is 0. The van der Waals surface area contributed by atoms with Gasteiger partial charge < -0.3 is 9.84 Å². The Morgan fingerprint density at radius 1 is 1.08 bits per heavy atom. The summed E-state index contributed by atoms with van der Waals surface area (Å²) in [5.41, 5.74) is 3.16. The average Bonchev–Trinajstić information content (AvgIpc) is 2.62. The Hall–Kier alpha value is -1.16. The van der Waals surface area contributed by atoms with Gasteiger partial charge in [0.1, 0.15) is 0 Å². The van der Waals surface area contributed by atoms with Gasteiger partial charge in [-0.25, -0.2) is 0 Å². The highest BCUT2D eigenvalue weighted by molar-refractivity contribution is 5.54. The second kappa shape index (κ2) is 7.84. The molecule has 1 aromatic rings. The molecule has 1 heterocycles. The van der Waals surface area contributed by atoms with Gasteiger partial charge in [0.15, 0.2) is 0 Å². The van der Waals surface area contributed by atoms with Crippen molar-refractivity contribution in [1.29, 1.82) is 0 Å². The zero-order valence-electron chi connectivity index (χ0n) is 16.1. The molecule has 3 nitrogen and oxygen atoms in total. The van der Waals surface area contributed by atoms with Crippen LogP contribution in [0.5, 0.6) is 0 Å². The van der Waals surface area contributed by atoms with Crippen LogP contribution in [0.15, 0.2) is 29.8 Å². The number of methoxy groups -OCH3 is 1. The molecule has 1 saturated heterocycles. The minimum atomic E-state index is -0.723. The molecule has 3 aliphatic rings. The van der Waals surface area contributed by atoms with Gasteiger partial charge in [0.25, 0.3) is 0 Å². The highest BCUT2D eigenvalue weighted by Crippen LogP contribution is 2.38. The summed E-state index contributed by atoms with van der Waals surface area (Å²) in [5.74, 6) is 0. The zero-order valence-corrected chi connectivity index (χ0v) is 16.1. The van der Waals surface area contributed by atoms with Crippen LogP contribution in [-0.4, -0.2) is 42.4 Å². The third-order valence-corrected chi connectivity index (χ3v) is 6.87. The highest BCUT2D eigenvalue weighted by Gasteiger charge is 2.36. The van der Waals surface area contributed by atoms with E-state index in [4.69, 9.17) is 4.74 Å². The molecule has 1 N–H and O–H groups in total. The van der Waals surface area contributed by atoms with E-state index >= 15 is 0 Å². The molecule has 142 valence electrons. The molecule has 0 bridgehead atoms. The van der Waals surface area contributed by atoms with Crippen molar-refractivity contribution < 1.29 is 9.84 Å². The quantitative estimate of drug-likeness (QED) is 0.863. The molecule has 0 amide bonds. The summed E-state index contributed by atoms with van der Waals surface area (Å²) in [4.78, 5) is 2.69. The van der Waals surface area contributed by atoms with E-state index in [9.17, 15) is 5.11 Å². The molecule has 4 rings (SSSR count). The van der Waals surface area contributed by atoms with Crippen LogP contribution < -0.4 is 0 Å². The van der Waals surface area contributed by atoms with Gasteiger partial charge in [-0.15, -0.1) is 0 Å². The first-order chi connectivity index (χ1) is 12.7. The molecule has 3 heteroatoms.